The Kier molecular flexibility index (Phi) is 4.03. The third kappa shape index (κ3) is 2.86. The van der Waals surface area contributed by atoms with Gasteiger partial charge in [-0.1, -0.05) is 6.92 Å². The minimum Gasteiger partial charge on any atom is -0.370 e. The minimum absolute atomic E-state index is 0.327. The Morgan fingerprint density at radius 2 is 2.00 bits per heavy atom. The number of nitrogens with zero attached hydrogens (tertiary/aromatic N) is 3. The van der Waals surface area contributed by atoms with E-state index in [1.807, 2.05) is 6.07 Å². The maximum atomic E-state index is 5.75. The molecule has 2 aliphatic rings. The van der Waals surface area contributed by atoms with Crippen molar-refractivity contribution in [2.24, 2.45) is 0 Å². The van der Waals surface area contributed by atoms with Crippen molar-refractivity contribution in [2.75, 3.05) is 43.1 Å². The molecular weight excluding hydrogens is 256 g/mol. The van der Waals surface area contributed by atoms with Gasteiger partial charge in [0.05, 0.1) is 13.2 Å². The lowest BCUT2D eigenvalue weighted by atomic mass is 10.0. The van der Waals surface area contributed by atoms with E-state index in [1.165, 1.54) is 0 Å². The summed E-state index contributed by atoms with van der Waals surface area (Å²) in [5.74, 6) is 1.55. The van der Waals surface area contributed by atoms with E-state index < -0.39 is 0 Å². The van der Waals surface area contributed by atoms with E-state index in [2.05, 4.69) is 27.1 Å². The highest BCUT2D eigenvalue weighted by Gasteiger charge is 2.40. The predicted molar refractivity (Wildman–Crippen MR) is 76.9 cm³/mol. The molecule has 6 heteroatoms. The zero-order chi connectivity index (χ0) is 13.8. The zero-order valence-corrected chi connectivity index (χ0v) is 12.0. The van der Waals surface area contributed by atoms with Crippen molar-refractivity contribution in [2.45, 2.75) is 32.0 Å². The molecule has 0 saturated carbocycles. The second kappa shape index (κ2) is 5.93. The van der Waals surface area contributed by atoms with Crippen LogP contribution in [-0.2, 0) is 9.47 Å². The van der Waals surface area contributed by atoms with Crippen LogP contribution in [-0.4, -0.2) is 48.6 Å². The summed E-state index contributed by atoms with van der Waals surface area (Å²) in [6.07, 6.45) is 4.50. The van der Waals surface area contributed by atoms with Crippen LogP contribution >= 0.6 is 0 Å². The van der Waals surface area contributed by atoms with E-state index in [1.54, 1.807) is 6.33 Å². The first-order valence-electron chi connectivity index (χ1n) is 7.40. The first-order chi connectivity index (χ1) is 9.81. The van der Waals surface area contributed by atoms with E-state index in [9.17, 15) is 0 Å². The molecule has 0 atom stereocenters. The van der Waals surface area contributed by atoms with Crippen molar-refractivity contribution in [3.05, 3.63) is 12.4 Å². The van der Waals surface area contributed by atoms with E-state index >= 15 is 0 Å². The number of piperidine rings is 1. The van der Waals surface area contributed by atoms with Gasteiger partial charge in [0.2, 0.25) is 0 Å². The Balaban J connectivity index is 1.62. The topological polar surface area (TPSA) is 59.5 Å². The summed E-state index contributed by atoms with van der Waals surface area (Å²) >= 11 is 0. The van der Waals surface area contributed by atoms with Crippen LogP contribution in [0.1, 0.15) is 26.2 Å². The molecule has 2 fully saturated rings. The first kappa shape index (κ1) is 13.6. The van der Waals surface area contributed by atoms with Gasteiger partial charge in [-0.05, 0) is 6.42 Å². The summed E-state index contributed by atoms with van der Waals surface area (Å²) in [6, 6.07) is 2.02. The van der Waals surface area contributed by atoms with Gasteiger partial charge in [-0.2, -0.15) is 0 Å². The van der Waals surface area contributed by atoms with Crippen molar-refractivity contribution < 1.29 is 9.47 Å². The third-order valence-corrected chi connectivity index (χ3v) is 3.87. The maximum Gasteiger partial charge on any atom is 0.171 e. The van der Waals surface area contributed by atoms with Gasteiger partial charge in [-0.25, -0.2) is 9.97 Å². The molecule has 1 aromatic heterocycles. The number of ether oxygens (including phenoxy) is 2. The summed E-state index contributed by atoms with van der Waals surface area (Å²) in [7, 11) is 0. The molecule has 6 nitrogen and oxygen atoms in total. The van der Waals surface area contributed by atoms with Gasteiger partial charge >= 0.3 is 0 Å². The smallest absolute Gasteiger partial charge is 0.171 e. The van der Waals surface area contributed by atoms with Gasteiger partial charge < -0.3 is 19.7 Å². The number of aromatic nitrogens is 2. The van der Waals surface area contributed by atoms with Crippen molar-refractivity contribution >= 4 is 11.6 Å². The van der Waals surface area contributed by atoms with Crippen molar-refractivity contribution in [1.82, 2.24) is 9.97 Å². The zero-order valence-electron chi connectivity index (χ0n) is 12.0. The highest BCUT2D eigenvalue weighted by Crippen LogP contribution is 2.32. The first-order valence-corrected chi connectivity index (χ1v) is 7.40. The fraction of sp³-hybridized carbons (Fsp3) is 0.714. The van der Waals surface area contributed by atoms with Crippen LogP contribution in [0.15, 0.2) is 12.4 Å². The number of nitrogens with one attached hydrogen (secondary N) is 1. The molecule has 0 unspecified atom stereocenters. The summed E-state index contributed by atoms with van der Waals surface area (Å²) in [4.78, 5) is 10.9. The summed E-state index contributed by atoms with van der Waals surface area (Å²) in [5.41, 5.74) is 0. The lowest BCUT2D eigenvalue weighted by molar-refractivity contribution is -0.169. The van der Waals surface area contributed by atoms with Gasteiger partial charge in [-0.15, -0.1) is 0 Å². The molecule has 2 aliphatic heterocycles. The molecule has 0 bridgehead atoms. The van der Waals surface area contributed by atoms with Crippen LogP contribution in [0.25, 0.3) is 0 Å². The van der Waals surface area contributed by atoms with Crippen LogP contribution in [0.5, 0.6) is 0 Å². The number of anilines is 2. The largest absolute Gasteiger partial charge is 0.370 e. The molecule has 0 amide bonds. The second-order valence-electron chi connectivity index (χ2n) is 5.28. The highest BCUT2D eigenvalue weighted by atomic mass is 16.7. The molecule has 0 radical (unpaired) electrons. The Bertz CT molecular complexity index is 439. The standard InChI is InChI=1S/C14H22N4O2/c1-2-5-15-12-10-13(17-11-16-12)18-6-3-14(4-7-18)19-8-9-20-14/h10-11H,2-9H2,1H3,(H,15,16,17). The fourth-order valence-corrected chi connectivity index (χ4v) is 2.73. The molecule has 3 rings (SSSR count). The molecule has 20 heavy (non-hydrogen) atoms. The molecule has 1 N–H and O–H groups in total. The van der Waals surface area contributed by atoms with Crippen LogP contribution in [0.3, 0.4) is 0 Å². The number of hydrogen-bond acceptors (Lipinski definition) is 6. The lowest BCUT2D eigenvalue weighted by Gasteiger charge is -2.38. The van der Waals surface area contributed by atoms with Crippen molar-refractivity contribution in [3.63, 3.8) is 0 Å². The van der Waals surface area contributed by atoms with E-state index in [0.29, 0.717) is 0 Å². The van der Waals surface area contributed by atoms with Crippen LogP contribution in [0.2, 0.25) is 0 Å². The van der Waals surface area contributed by atoms with E-state index in [0.717, 1.165) is 63.7 Å². The quantitative estimate of drug-likeness (QED) is 0.903. The summed E-state index contributed by atoms with van der Waals surface area (Å²) in [5, 5.41) is 3.30. The lowest BCUT2D eigenvalue weighted by Crippen LogP contribution is -2.45. The third-order valence-electron chi connectivity index (χ3n) is 3.87. The van der Waals surface area contributed by atoms with Gasteiger partial charge in [0.25, 0.3) is 0 Å². The summed E-state index contributed by atoms with van der Waals surface area (Å²) in [6.45, 7) is 6.33. The minimum atomic E-state index is -0.327. The van der Waals surface area contributed by atoms with Gasteiger partial charge in [-0.3, -0.25) is 0 Å². The molecule has 1 spiro atoms. The van der Waals surface area contributed by atoms with Gasteiger partial charge in [0.15, 0.2) is 5.79 Å². The normalized spacial score (nSPS) is 21.4. The van der Waals surface area contributed by atoms with Crippen LogP contribution in [0, 0.1) is 0 Å². The highest BCUT2D eigenvalue weighted by molar-refractivity contribution is 5.48. The Morgan fingerprint density at radius 1 is 1.25 bits per heavy atom. The molecule has 2 saturated heterocycles. The number of hydrogen-bond donors (Lipinski definition) is 1. The van der Waals surface area contributed by atoms with Crippen LogP contribution < -0.4 is 10.2 Å². The molecule has 110 valence electrons. The average Bonchev–Trinajstić information content (AvgIpc) is 2.94. The van der Waals surface area contributed by atoms with Gasteiger partial charge in [0.1, 0.15) is 18.0 Å². The Morgan fingerprint density at radius 3 is 2.70 bits per heavy atom. The van der Waals surface area contributed by atoms with E-state index in [4.69, 9.17) is 9.47 Å². The Hall–Kier alpha value is -1.40. The van der Waals surface area contributed by atoms with Crippen LogP contribution in [0.4, 0.5) is 11.6 Å². The molecular formula is C14H22N4O2. The summed E-state index contributed by atoms with van der Waals surface area (Å²) < 4.78 is 11.5. The number of rotatable bonds is 4. The molecule has 0 aliphatic carbocycles. The van der Waals surface area contributed by atoms with Crippen molar-refractivity contribution in [3.8, 4) is 0 Å². The fourth-order valence-electron chi connectivity index (χ4n) is 2.73. The molecule has 1 aromatic rings. The average molecular weight is 278 g/mol. The predicted octanol–water partition coefficient (Wildman–Crippen LogP) is 1.64. The Labute approximate surface area is 119 Å². The SMILES string of the molecule is CCCNc1cc(N2CCC3(CC2)OCCO3)ncn1. The molecule has 0 aromatic carbocycles. The second-order valence-corrected chi connectivity index (χ2v) is 5.28. The van der Waals surface area contributed by atoms with Crippen molar-refractivity contribution in [1.29, 1.82) is 0 Å². The van der Waals surface area contributed by atoms with Gasteiger partial charge in [0, 0.05) is 38.5 Å². The molecule has 3 heterocycles. The maximum absolute atomic E-state index is 5.75. The monoisotopic (exact) mass is 278 g/mol. The van der Waals surface area contributed by atoms with E-state index in [-0.39, 0.29) is 5.79 Å².